The van der Waals surface area contributed by atoms with Gasteiger partial charge >= 0.3 is 0 Å². The van der Waals surface area contributed by atoms with Crippen molar-refractivity contribution in [3.05, 3.63) is 41.6 Å². The first-order chi connectivity index (χ1) is 15.1. The predicted octanol–water partition coefficient (Wildman–Crippen LogP) is 2.29. The molecule has 162 valence electrons. The van der Waals surface area contributed by atoms with E-state index in [2.05, 4.69) is 52.6 Å². The minimum Gasteiger partial charge on any atom is -0.508 e. The van der Waals surface area contributed by atoms with Crippen LogP contribution in [0.2, 0.25) is 0 Å². The van der Waals surface area contributed by atoms with Gasteiger partial charge in [-0.25, -0.2) is 0 Å². The summed E-state index contributed by atoms with van der Waals surface area (Å²) < 4.78 is 0. The number of nitrogens with one attached hydrogen (secondary N) is 3. The first-order valence-corrected chi connectivity index (χ1v) is 10.7. The molecule has 0 bridgehead atoms. The number of nitrogens with zero attached hydrogens (tertiary/aromatic N) is 6. The Morgan fingerprint density at radius 3 is 2.52 bits per heavy atom. The van der Waals surface area contributed by atoms with E-state index in [1.165, 1.54) is 12.8 Å². The van der Waals surface area contributed by atoms with Crippen LogP contribution in [0.4, 0.5) is 23.7 Å². The number of hydrogen-bond donors (Lipinski definition) is 4. The van der Waals surface area contributed by atoms with E-state index in [1.54, 1.807) is 12.1 Å². The van der Waals surface area contributed by atoms with Crippen molar-refractivity contribution in [1.82, 2.24) is 30.0 Å². The Kier molecular flexibility index (Phi) is 5.29. The Morgan fingerprint density at radius 2 is 1.77 bits per heavy atom. The molecule has 3 aromatic rings. The third-order valence-electron chi connectivity index (χ3n) is 5.65. The number of aromatic amines is 1. The Bertz CT molecular complexity index is 1020. The highest BCUT2D eigenvalue weighted by molar-refractivity contribution is 5.53. The van der Waals surface area contributed by atoms with E-state index in [0.29, 0.717) is 36.1 Å². The highest BCUT2D eigenvalue weighted by Gasteiger charge is 2.26. The van der Waals surface area contributed by atoms with Crippen molar-refractivity contribution >= 4 is 23.7 Å². The second-order valence-corrected chi connectivity index (χ2v) is 8.20. The lowest BCUT2D eigenvalue weighted by atomic mass is 10.2. The molecule has 3 heterocycles. The first-order valence-electron chi connectivity index (χ1n) is 10.7. The molecule has 1 saturated carbocycles. The second-order valence-electron chi connectivity index (χ2n) is 8.20. The average Bonchev–Trinajstić information content (AvgIpc) is 3.53. The van der Waals surface area contributed by atoms with Gasteiger partial charge in [0.1, 0.15) is 5.75 Å². The fourth-order valence-electron chi connectivity index (χ4n) is 3.56. The molecule has 1 saturated heterocycles. The van der Waals surface area contributed by atoms with Gasteiger partial charge in [-0.05, 0) is 37.6 Å². The largest absolute Gasteiger partial charge is 0.508 e. The standard InChI is InChI=1S/C21H27N9O/c1-29-8-10-30(11-9-29)21-25-19(22-13-14-2-6-16(31)7-3-14)24-20(26-21)23-18-12-17(27-28-18)15-4-5-15/h2-3,6-7,12,15,31H,4-5,8-11,13H2,1H3,(H3,22,23,24,25,26,27,28). The number of benzene rings is 1. The number of hydrogen-bond acceptors (Lipinski definition) is 9. The van der Waals surface area contributed by atoms with E-state index >= 15 is 0 Å². The van der Waals surface area contributed by atoms with Gasteiger partial charge in [0.25, 0.3) is 0 Å². The van der Waals surface area contributed by atoms with Crippen LogP contribution in [0.25, 0.3) is 0 Å². The van der Waals surface area contributed by atoms with Crippen LogP contribution < -0.4 is 15.5 Å². The van der Waals surface area contributed by atoms with E-state index in [4.69, 9.17) is 0 Å². The number of rotatable bonds is 7. The van der Waals surface area contributed by atoms with Crippen LogP contribution in [0.1, 0.15) is 30.0 Å². The number of likely N-dealkylation sites (N-methyl/N-ethyl adjacent to an activating group) is 1. The number of phenolic OH excluding ortho intramolecular Hbond substituents is 1. The van der Waals surface area contributed by atoms with Gasteiger partial charge in [0.15, 0.2) is 5.82 Å². The lowest BCUT2D eigenvalue weighted by molar-refractivity contribution is 0.311. The number of aromatic hydroxyl groups is 1. The van der Waals surface area contributed by atoms with Gasteiger partial charge in [0.2, 0.25) is 17.8 Å². The molecule has 0 amide bonds. The van der Waals surface area contributed by atoms with Crippen LogP contribution in [0.5, 0.6) is 5.75 Å². The third kappa shape index (κ3) is 4.85. The van der Waals surface area contributed by atoms with Crippen LogP contribution in [-0.2, 0) is 6.54 Å². The van der Waals surface area contributed by atoms with Crippen molar-refractivity contribution in [1.29, 1.82) is 0 Å². The number of piperazine rings is 1. The van der Waals surface area contributed by atoms with Gasteiger partial charge in [-0.15, -0.1) is 0 Å². The van der Waals surface area contributed by atoms with E-state index in [9.17, 15) is 5.11 Å². The van der Waals surface area contributed by atoms with Crippen molar-refractivity contribution in [3.8, 4) is 5.75 Å². The van der Waals surface area contributed by atoms with Crippen LogP contribution in [0.15, 0.2) is 30.3 Å². The fraction of sp³-hybridized carbons (Fsp3) is 0.429. The monoisotopic (exact) mass is 421 g/mol. The van der Waals surface area contributed by atoms with Gasteiger partial charge in [0.05, 0.1) is 0 Å². The van der Waals surface area contributed by atoms with Crippen molar-refractivity contribution in [3.63, 3.8) is 0 Å². The van der Waals surface area contributed by atoms with Crippen molar-refractivity contribution in [2.75, 3.05) is 48.8 Å². The maximum Gasteiger partial charge on any atom is 0.235 e. The van der Waals surface area contributed by atoms with Crippen LogP contribution in [0.3, 0.4) is 0 Å². The quantitative estimate of drug-likeness (QED) is 0.456. The summed E-state index contributed by atoms with van der Waals surface area (Å²) in [6.07, 6.45) is 2.43. The zero-order chi connectivity index (χ0) is 21.2. The number of anilines is 4. The van der Waals surface area contributed by atoms with Gasteiger partial charge in [0, 0.05) is 50.4 Å². The summed E-state index contributed by atoms with van der Waals surface area (Å²) in [6.45, 7) is 4.21. The smallest absolute Gasteiger partial charge is 0.235 e. The summed E-state index contributed by atoms with van der Waals surface area (Å²) in [5.74, 6) is 3.17. The maximum absolute atomic E-state index is 9.48. The summed E-state index contributed by atoms with van der Waals surface area (Å²) in [6, 6.07) is 9.10. The molecule has 0 spiro atoms. The molecule has 10 nitrogen and oxygen atoms in total. The highest BCUT2D eigenvalue weighted by Crippen LogP contribution is 2.39. The summed E-state index contributed by atoms with van der Waals surface area (Å²) in [4.78, 5) is 18.3. The fourth-order valence-corrected chi connectivity index (χ4v) is 3.56. The molecule has 1 aliphatic carbocycles. The molecule has 2 fully saturated rings. The molecule has 0 radical (unpaired) electrons. The van der Waals surface area contributed by atoms with Crippen molar-refractivity contribution in [2.45, 2.75) is 25.3 Å². The minimum absolute atomic E-state index is 0.248. The Balaban J connectivity index is 1.36. The molecule has 5 rings (SSSR count). The summed E-state index contributed by atoms with van der Waals surface area (Å²) in [5, 5.41) is 23.4. The maximum atomic E-state index is 9.48. The molecular weight excluding hydrogens is 394 g/mol. The average molecular weight is 422 g/mol. The molecule has 0 unspecified atom stereocenters. The van der Waals surface area contributed by atoms with E-state index in [0.717, 1.165) is 37.4 Å². The number of phenols is 1. The Labute approximate surface area is 180 Å². The number of aromatic nitrogens is 5. The topological polar surface area (TPSA) is 118 Å². The Morgan fingerprint density at radius 1 is 1.03 bits per heavy atom. The molecule has 1 aliphatic heterocycles. The molecule has 31 heavy (non-hydrogen) atoms. The van der Waals surface area contributed by atoms with E-state index < -0.39 is 0 Å². The first kappa shape index (κ1) is 19.6. The molecule has 2 aliphatic rings. The highest BCUT2D eigenvalue weighted by atomic mass is 16.3. The zero-order valence-electron chi connectivity index (χ0n) is 17.5. The van der Waals surface area contributed by atoms with E-state index in [-0.39, 0.29) is 5.75 Å². The summed E-state index contributed by atoms with van der Waals surface area (Å²) in [5.41, 5.74) is 2.18. The van der Waals surface area contributed by atoms with Gasteiger partial charge in [-0.1, -0.05) is 12.1 Å². The molecule has 10 heteroatoms. The zero-order valence-corrected chi connectivity index (χ0v) is 17.5. The molecule has 4 N–H and O–H groups in total. The normalized spacial score (nSPS) is 17.0. The van der Waals surface area contributed by atoms with Gasteiger partial charge < -0.3 is 25.5 Å². The second kappa shape index (κ2) is 8.38. The molecule has 1 aromatic carbocycles. The van der Waals surface area contributed by atoms with E-state index in [1.807, 2.05) is 18.2 Å². The summed E-state index contributed by atoms with van der Waals surface area (Å²) >= 11 is 0. The van der Waals surface area contributed by atoms with Crippen LogP contribution in [-0.4, -0.2) is 68.4 Å². The summed E-state index contributed by atoms with van der Waals surface area (Å²) in [7, 11) is 2.12. The third-order valence-corrected chi connectivity index (χ3v) is 5.65. The Hall–Kier alpha value is -3.40. The minimum atomic E-state index is 0.248. The van der Waals surface area contributed by atoms with Crippen molar-refractivity contribution in [2.24, 2.45) is 0 Å². The van der Waals surface area contributed by atoms with Crippen molar-refractivity contribution < 1.29 is 5.11 Å². The SMILES string of the molecule is CN1CCN(c2nc(NCc3ccc(O)cc3)nc(Nc3cc(C4CC4)[nH]n3)n2)CC1. The molecule has 2 aromatic heterocycles. The lowest BCUT2D eigenvalue weighted by Gasteiger charge is -2.32. The predicted molar refractivity (Wildman–Crippen MR) is 119 cm³/mol. The van der Waals surface area contributed by atoms with Gasteiger partial charge in [-0.2, -0.15) is 20.1 Å². The van der Waals surface area contributed by atoms with Gasteiger partial charge in [-0.3, -0.25) is 5.10 Å². The molecular formula is C21H27N9O. The van der Waals surface area contributed by atoms with Crippen LogP contribution in [0, 0.1) is 0 Å². The van der Waals surface area contributed by atoms with Crippen LogP contribution >= 0.6 is 0 Å². The lowest BCUT2D eigenvalue weighted by Crippen LogP contribution is -2.45. The number of H-pyrrole nitrogens is 1. The molecule has 0 atom stereocenters.